The van der Waals surface area contributed by atoms with Crippen molar-refractivity contribution in [1.29, 1.82) is 0 Å². The Morgan fingerprint density at radius 1 is 1.15 bits per heavy atom. The predicted octanol–water partition coefficient (Wildman–Crippen LogP) is 4.21. The molecule has 1 N–H and O–H groups in total. The van der Waals surface area contributed by atoms with Gasteiger partial charge in [-0.2, -0.15) is 0 Å². The highest BCUT2D eigenvalue weighted by atomic mass is 32.2. The van der Waals surface area contributed by atoms with Crippen molar-refractivity contribution < 1.29 is 0 Å². The van der Waals surface area contributed by atoms with E-state index in [1.54, 1.807) is 11.8 Å². The molecular weight excluding hydrogens is 266 g/mol. The van der Waals surface area contributed by atoms with Crippen LogP contribution in [0.15, 0.2) is 35.4 Å². The molecule has 0 amide bonds. The Morgan fingerprint density at radius 3 is 2.75 bits per heavy atom. The van der Waals surface area contributed by atoms with Gasteiger partial charge in [0.05, 0.1) is 0 Å². The number of nitrogens with one attached hydrogen (secondary N) is 1. The molecule has 0 unspecified atom stereocenters. The van der Waals surface area contributed by atoms with Crippen molar-refractivity contribution in [3.05, 3.63) is 47.2 Å². The second-order valence-electron chi connectivity index (χ2n) is 4.88. The van der Waals surface area contributed by atoms with Crippen molar-refractivity contribution in [3.8, 4) is 0 Å². The molecule has 0 aliphatic rings. The van der Waals surface area contributed by atoms with E-state index in [1.165, 1.54) is 11.1 Å². The summed E-state index contributed by atoms with van der Waals surface area (Å²) in [5.41, 5.74) is 3.63. The Labute approximate surface area is 125 Å². The summed E-state index contributed by atoms with van der Waals surface area (Å²) in [5.74, 6) is 1.67. The number of aryl methyl sites for hydroxylation is 2. The fourth-order valence-electron chi connectivity index (χ4n) is 1.89. The highest BCUT2D eigenvalue weighted by molar-refractivity contribution is 7.98. The summed E-state index contributed by atoms with van der Waals surface area (Å²) in [7, 11) is 0. The normalized spacial score (nSPS) is 10.6. The summed E-state index contributed by atoms with van der Waals surface area (Å²) >= 11 is 1.75. The molecule has 1 heterocycles. The lowest BCUT2D eigenvalue weighted by molar-refractivity contribution is 0.924. The summed E-state index contributed by atoms with van der Waals surface area (Å²) in [6.45, 7) is 7.17. The summed E-state index contributed by atoms with van der Waals surface area (Å²) in [5, 5.41) is 4.27. The zero-order valence-electron chi connectivity index (χ0n) is 12.3. The van der Waals surface area contributed by atoms with E-state index >= 15 is 0 Å². The van der Waals surface area contributed by atoms with Crippen LogP contribution in [0.5, 0.6) is 0 Å². The van der Waals surface area contributed by atoms with Crippen molar-refractivity contribution in [2.75, 3.05) is 11.9 Å². The molecule has 0 spiro atoms. The third kappa shape index (κ3) is 4.53. The van der Waals surface area contributed by atoms with Crippen LogP contribution in [0.2, 0.25) is 0 Å². The van der Waals surface area contributed by atoms with Crippen molar-refractivity contribution in [2.45, 2.75) is 38.0 Å². The molecule has 0 bridgehead atoms. The van der Waals surface area contributed by atoms with E-state index in [1.807, 2.05) is 13.0 Å². The van der Waals surface area contributed by atoms with E-state index in [4.69, 9.17) is 0 Å². The molecule has 0 aliphatic heterocycles. The van der Waals surface area contributed by atoms with Crippen LogP contribution >= 0.6 is 11.8 Å². The SMILES string of the molecule is CCCNc1nc(C)cc(SCc2cccc(C)c2)n1. The number of hydrogen-bond acceptors (Lipinski definition) is 4. The maximum Gasteiger partial charge on any atom is 0.223 e. The highest BCUT2D eigenvalue weighted by Crippen LogP contribution is 2.22. The number of rotatable bonds is 6. The van der Waals surface area contributed by atoms with Gasteiger partial charge in [-0.1, -0.05) is 36.8 Å². The van der Waals surface area contributed by atoms with Crippen LogP contribution in [0.25, 0.3) is 0 Å². The lowest BCUT2D eigenvalue weighted by atomic mass is 10.2. The number of aromatic nitrogens is 2. The van der Waals surface area contributed by atoms with E-state index in [-0.39, 0.29) is 0 Å². The van der Waals surface area contributed by atoms with E-state index < -0.39 is 0 Å². The third-order valence-electron chi connectivity index (χ3n) is 2.83. The number of nitrogens with zero attached hydrogens (tertiary/aromatic N) is 2. The zero-order valence-corrected chi connectivity index (χ0v) is 13.1. The van der Waals surface area contributed by atoms with Gasteiger partial charge in [0.15, 0.2) is 0 Å². The largest absolute Gasteiger partial charge is 0.354 e. The molecule has 2 rings (SSSR count). The molecule has 20 heavy (non-hydrogen) atoms. The first-order valence-corrected chi connectivity index (χ1v) is 7.94. The minimum atomic E-state index is 0.735. The van der Waals surface area contributed by atoms with Gasteiger partial charge >= 0.3 is 0 Å². The average molecular weight is 287 g/mol. The van der Waals surface area contributed by atoms with Crippen LogP contribution in [0.4, 0.5) is 5.95 Å². The second-order valence-corrected chi connectivity index (χ2v) is 5.87. The molecule has 3 nitrogen and oxygen atoms in total. The Hall–Kier alpha value is -1.55. The minimum Gasteiger partial charge on any atom is -0.354 e. The van der Waals surface area contributed by atoms with Gasteiger partial charge in [0.25, 0.3) is 0 Å². The second kappa shape index (κ2) is 7.29. The molecule has 0 fully saturated rings. The van der Waals surface area contributed by atoms with E-state index in [0.29, 0.717) is 0 Å². The van der Waals surface area contributed by atoms with Crippen LogP contribution in [0.3, 0.4) is 0 Å². The summed E-state index contributed by atoms with van der Waals surface area (Å²) in [6, 6.07) is 10.6. The minimum absolute atomic E-state index is 0.735. The number of benzene rings is 1. The summed E-state index contributed by atoms with van der Waals surface area (Å²) in [4.78, 5) is 8.95. The predicted molar refractivity (Wildman–Crippen MR) is 86.3 cm³/mol. The molecule has 1 aromatic heterocycles. The fourth-order valence-corrected chi connectivity index (χ4v) is 2.79. The molecule has 4 heteroatoms. The van der Waals surface area contributed by atoms with Crippen LogP contribution < -0.4 is 5.32 Å². The van der Waals surface area contributed by atoms with Crippen molar-refractivity contribution in [1.82, 2.24) is 9.97 Å². The molecule has 0 radical (unpaired) electrons. The van der Waals surface area contributed by atoms with E-state index in [2.05, 4.69) is 53.4 Å². The molecule has 0 saturated heterocycles. The molecule has 0 atom stereocenters. The number of thioether (sulfide) groups is 1. The van der Waals surface area contributed by atoms with Crippen molar-refractivity contribution in [3.63, 3.8) is 0 Å². The standard InChI is InChI=1S/C16H21N3S/c1-4-8-17-16-18-13(3)10-15(19-16)20-11-14-7-5-6-12(2)9-14/h5-7,9-10H,4,8,11H2,1-3H3,(H,17,18,19). The molecule has 0 saturated carbocycles. The smallest absolute Gasteiger partial charge is 0.223 e. The van der Waals surface area contributed by atoms with Gasteiger partial charge in [-0.25, -0.2) is 9.97 Å². The average Bonchev–Trinajstić information content (AvgIpc) is 2.42. The first-order valence-electron chi connectivity index (χ1n) is 6.95. The van der Waals surface area contributed by atoms with Gasteiger partial charge in [0.1, 0.15) is 5.03 Å². The first-order chi connectivity index (χ1) is 9.67. The van der Waals surface area contributed by atoms with Crippen LogP contribution in [0, 0.1) is 13.8 Å². The van der Waals surface area contributed by atoms with Crippen LogP contribution in [0.1, 0.15) is 30.2 Å². The maximum absolute atomic E-state index is 4.55. The quantitative estimate of drug-likeness (QED) is 0.638. The highest BCUT2D eigenvalue weighted by Gasteiger charge is 2.03. The van der Waals surface area contributed by atoms with Gasteiger partial charge in [0.2, 0.25) is 5.95 Å². The van der Waals surface area contributed by atoms with Crippen molar-refractivity contribution >= 4 is 17.7 Å². The van der Waals surface area contributed by atoms with Gasteiger partial charge in [-0.05, 0) is 31.9 Å². The van der Waals surface area contributed by atoms with E-state index in [9.17, 15) is 0 Å². The Balaban J connectivity index is 2.03. The fraction of sp³-hybridized carbons (Fsp3) is 0.375. The molecule has 2 aromatic rings. The molecule has 106 valence electrons. The Bertz CT molecular complexity index is 569. The number of anilines is 1. The Kier molecular flexibility index (Phi) is 5.41. The Morgan fingerprint density at radius 2 is 2.00 bits per heavy atom. The summed E-state index contributed by atoms with van der Waals surface area (Å²) < 4.78 is 0. The molecule has 0 aliphatic carbocycles. The number of hydrogen-bond donors (Lipinski definition) is 1. The van der Waals surface area contributed by atoms with Crippen LogP contribution in [-0.2, 0) is 5.75 Å². The third-order valence-corrected chi connectivity index (χ3v) is 3.82. The lowest BCUT2D eigenvalue weighted by Crippen LogP contribution is -2.05. The molecular formula is C16H21N3S. The van der Waals surface area contributed by atoms with Crippen molar-refractivity contribution in [2.24, 2.45) is 0 Å². The van der Waals surface area contributed by atoms with Gasteiger partial charge in [-0.15, -0.1) is 11.8 Å². The monoisotopic (exact) mass is 287 g/mol. The first kappa shape index (κ1) is 14.9. The van der Waals surface area contributed by atoms with E-state index in [0.717, 1.165) is 35.4 Å². The lowest BCUT2D eigenvalue weighted by Gasteiger charge is -2.07. The summed E-state index contributed by atoms with van der Waals surface area (Å²) in [6.07, 6.45) is 1.07. The zero-order chi connectivity index (χ0) is 14.4. The van der Waals surface area contributed by atoms with Gasteiger partial charge in [-0.3, -0.25) is 0 Å². The maximum atomic E-state index is 4.55. The van der Waals surface area contributed by atoms with Gasteiger partial charge < -0.3 is 5.32 Å². The topological polar surface area (TPSA) is 37.8 Å². The molecule has 1 aromatic carbocycles. The van der Waals surface area contributed by atoms with Gasteiger partial charge in [0, 0.05) is 18.0 Å². The van der Waals surface area contributed by atoms with Crippen LogP contribution in [-0.4, -0.2) is 16.5 Å².